The Morgan fingerprint density at radius 3 is 2.49 bits per heavy atom. The van der Waals surface area contributed by atoms with Crippen LogP contribution in [-0.4, -0.2) is 77.1 Å². The Balaban J connectivity index is 1.31. The van der Waals surface area contributed by atoms with Crippen LogP contribution >= 0.6 is 0 Å². The van der Waals surface area contributed by atoms with Crippen molar-refractivity contribution in [1.82, 2.24) is 18.3 Å². The minimum Gasteiger partial charge on any atom is -0.371 e. The lowest BCUT2D eigenvalue weighted by Crippen LogP contribution is -2.64. The number of sulfonamides is 1. The molecule has 2 aromatic carbocycles. The van der Waals surface area contributed by atoms with Gasteiger partial charge in [-0.3, -0.25) is 18.8 Å². The van der Waals surface area contributed by atoms with E-state index in [0.29, 0.717) is 36.1 Å². The van der Waals surface area contributed by atoms with Crippen LogP contribution < -0.4 is 11.0 Å². The normalized spacial score (nSPS) is 22.5. The Labute approximate surface area is 241 Å². The minimum atomic E-state index is -3.72. The topological polar surface area (TPSA) is 106 Å². The zero-order chi connectivity index (χ0) is 29.5. The molecule has 3 heterocycles. The summed E-state index contributed by atoms with van der Waals surface area (Å²) >= 11 is 0. The highest BCUT2D eigenvalue weighted by Crippen LogP contribution is 2.35. The van der Waals surface area contributed by atoms with Crippen LogP contribution in [-0.2, 0) is 33.7 Å². The first-order valence-corrected chi connectivity index (χ1v) is 15.7. The molecule has 2 saturated heterocycles. The number of anilines is 1. The molecule has 0 bridgehead atoms. The van der Waals surface area contributed by atoms with Crippen LogP contribution in [0.25, 0.3) is 11.0 Å². The lowest BCUT2D eigenvalue weighted by Gasteiger charge is -2.50. The van der Waals surface area contributed by atoms with Crippen molar-refractivity contribution >= 4 is 32.7 Å². The maximum atomic E-state index is 13.9. The van der Waals surface area contributed by atoms with Gasteiger partial charge >= 0.3 is 5.69 Å². The maximum Gasteiger partial charge on any atom is 0.328 e. The fourth-order valence-corrected chi connectivity index (χ4v) is 7.93. The van der Waals surface area contributed by atoms with Gasteiger partial charge in [-0.05, 0) is 69.0 Å². The second-order valence-electron chi connectivity index (χ2n) is 12.1. The first kappa shape index (κ1) is 29.5. The van der Waals surface area contributed by atoms with E-state index in [2.05, 4.69) is 24.1 Å². The van der Waals surface area contributed by atoms with Crippen molar-refractivity contribution in [2.75, 3.05) is 38.1 Å². The summed E-state index contributed by atoms with van der Waals surface area (Å²) in [5.41, 5.74) is 2.37. The van der Waals surface area contributed by atoms with E-state index in [4.69, 9.17) is 4.74 Å². The van der Waals surface area contributed by atoms with Gasteiger partial charge in [-0.15, -0.1) is 0 Å². The minimum absolute atomic E-state index is 0.122. The van der Waals surface area contributed by atoms with E-state index in [0.717, 1.165) is 36.0 Å². The monoisotopic (exact) mass is 583 g/mol. The van der Waals surface area contributed by atoms with Gasteiger partial charge in [-0.25, -0.2) is 13.2 Å². The number of rotatable bonds is 7. The number of nitrogens with zero attached hydrogens (tertiary/aromatic N) is 4. The molecule has 1 N–H and O–H groups in total. The van der Waals surface area contributed by atoms with Crippen LogP contribution in [0.1, 0.15) is 38.7 Å². The predicted octanol–water partition coefficient (Wildman–Crippen LogP) is 3.09. The largest absolute Gasteiger partial charge is 0.371 e. The molecule has 2 aliphatic rings. The van der Waals surface area contributed by atoms with Crippen LogP contribution in [0.15, 0.2) is 52.2 Å². The summed E-state index contributed by atoms with van der Waals surface area (Å²) in [5, 5.41) is 2.96. The van der Waals surface area contributed by atoms with Crippen LogP contribution in [0.4, 0.5) is 5.69 Å². The van der Waals surface area contributed by atoms with Crippen LogP contribution in [0.2, 0.25) is 0 Å². The molecule has 0 aliphatic carbocycles. The van der Waals surface area contributed by atoms with Gasteiger partial charge in [-0.1, -0.05) is 31.5 Å². The summed E-state index contributed by atoms with van der Waals surface area (Å²) in [4.78, 5) is 27.7. The second-order valence-corrected chi connectivity index (χ2v) is 14.0. The number of nitrogens with one attached hydrogen (secondary N) is 1. The number of aryl methyl sites for hydroxylation is 3. The van der Waals surface area contributed by atoms with Gasteiger partial charge in [-0.2, -0.15) is 4.31 Å². The average molecular weight is 584 g/mol. The van der Waals surface area contributed by atoms with Crippen molar-refractivity contribution < 1.29 is 17.9 Å². The number of carbonyl (C=O) groups is 1. The third-order valence-electron chi connectivity index (χ3n) is 8.35. The smallest absolute Gasteiger partial charge is 0.328 e. The summed E-state index contributed by atoms with van der Waals surface area (Å²) in [6.45, 7) is 8.09. The lowest BCUT2D eigenvalue weighted by molar-refractivity contribution is -0.146. The van der Waals surface area contributed by atoms with Gasteiger partial charge in [0.05, 0.1) is 34.7 Å². The molecule has 11 heteroatoms. The third kappa shape index (κ3) is 5.99. The van der Waals surface area contributed by atoms with Crippen molar-refractivity contribution in [3.63, 3.8) is 0 Å². The summed E-state index contributed by atoms with van der Waals surface area (Å²) in [6.07, 6.45) is 2.25. The molecule has 2 atom stereocenters. The molecule has 5 rings (SSSR count). The number of morpholine rings is 1. The highest BCUT2D eigenvalue weighted by atomic mass is 32.2. The van der Waals surface area contributed by atoms with Gasteiger partial charge in [0.15, 0.2) is 0 Å². The highest BCUT2D eigenvalue weighted by Gasteiger charge is 2.47. The van der Waals surface area contributed by atoms with Gasteiger partial charge in [0, 0.05) is 38.9 Å². The lowest BCUT2D eigenvalue weighted by atomic mass is 9.89. The molecule has 10 nitrogen and oxygen atoms in total. The molecule has 0 unspecified atom stereocenters. The predicted molar refractivity (Wildman–Crippen MR) is 159 cm³/mol. The first-order valence-electron chi connectivity index (χ1n) is 14.3. The summed E-state index contributed by atoms with van der Waals surface area (Å²) < 4.78 is 39.1. The molecule has 1 spiro atoms. The standard InChI is InChI=1S/C30H41N5O5S/c1-21(2)15-24-18-40-30(20-35(24)41(38,39)25-10-7-22(3)8-11-25)13-6-14-34(19-30)17-28(36)31-23-9-12-26-27(16-23)33(5)29(37)32(26)4/h7-12,16,21,24H,6,13-15,17-20H2,1-5H3,(H,31,36)/t24-,30+/m0/s1. The Morgan fingerprint density at radius 2 is 1.78 bits per heavy atom. The zero-order valence-electron chi connectivity index (χ0n) is 24.6. The van der Waals surface area contributed by atoms with E-state index in [9.17, 15) is 18.0 Å². The zero-order valence-corrected chi connectivity index (χ0v) is 25.4. The van der Waals surface area contributed by atoms with E-state index in [1.165, 1.54) is 0 Å². The fraction of sp³-hybridized carbons (Fsp3) is 0.533. The molecule has 0 radical (unpaired) electrons. The molecule has 41 heavy (non-hydrogen) atoms. The highest BCUT2D eigenvalue weighted by molar-refractivity contribution is 7.89. The number of amides is 1. The molecule has 2 fully saturated rings. The Hall–Kier alpha value is -2.99. The fourth-order valence-electron chi connectivity index (χ4n) is 6.23. The number of likely N-dealkylation sites (tertiary alicyclic amines) is 1. The Kier molecular flexibility index (Phi) is 8.17. The van der Waals surface area contributed by atoms with E-state index >= 15 is 0 Å². The number of fused-ring (bicyclic) bond motifs is 1. The van der Waals surface area contributed by atoms with Gasteiger partial charge in [0.1, 0.15) is 0 Å². The number of benzene rings is 2. The molecule has 2 aliphatic heterocycles. The number of hydrogen-bond donors (Lipinski definition) is 1. The molecule has 0 saturated carbocycles. The molecule has 1 amide bonds. The van der Waals surface area contributed by atoms with Crippen LogP contribution in [0, 0.1) is 12.8 Å². The quantitative estimate of drug-likeness (QED) is 0.458. The summed E-state index contributed by atoms with van der Waals surface area (Å²) in [5.74, 6) is 0.150. The Bertz CT molecular complexity index is 1590. The van der Waals surface area contributed by atoms with Crippen molar-refractivity contribution in [1.29, 1.82) is 0 Å². The second kappa shape index (κ2) is 11.4. The Morgan fingerprint density at radius 1 is 1.07 bits per heavy atom. The number of piperidine rings is 1. The molecule has 1 aromatic heterocycles. The summed E-state index contributed by atoms with van der Waals surface area (Å²) in [7, 11) is -0.291. The number of hydrogen-bond acceptors (Lipinski definition) is 6. The van der Waals surface area contributed by atoms with Crippen LogP contribution in [0.5, 0.6) is 0 Å². The average Bonchev–Trinajstić information content (AvgIpc) is 3.13. The van der Waals surface area contributed by atoms with E-state index in [1.807, 2.05) is 25.1 Å². The van der Waals surface area contributed by atoms with E-state index in [1.54, 1.807) is 51.8 Å². The van der Waals surface area contributed by atoms with Gasteiger partial charge in [0.2, 0.25) is 15.9 Å². The summed E-state index contributed by atoms with van der Waals surface area (Å²) in [6, 6.07) is 12.2. The first-order chi connectivity index (χ1) is 19.4. The van der Waals surface area contributed by atoms with Crippen molar-refractivity contribution in [2.45, 2.75) is 56.6 Å². The SMILES string of the molecule is Cc1ccc(S(=O)(=O)N2C[C@]3(CCCN(CC(=O)Nc4ccc5c(c4)n(C)c(=O)n5C)C3)OC[C@@H]2CC(C)C)cc1. The number of aromatic nitrogens is 2. The van der Waals surface area contributed by atoms with Crippen molar-refractivity contribution in [3.8, 4) is 0 Å². The molecule has 3 aromatic rings. The molecule has 222 valence electrons. The van der Waals surface area contributed by atoms with Crippen molar-refractivity contribution in [2.24, 2.45) is 20.0 Å². The van der Waals surface area contributed by atoms with Gasteiger partial charge < -0.3 is 10.1 Å². The number of imidazole rings is 1. The van der Waals surface area contributed by atoms with Gasteiger partial charge in [0.25, 0.3) is 0 Å². The molecular weight excluding hydrogens is 542 g/mol. The molecular formula is C30H41N5O5S. The number of ether oxygens (including phenoxy) is 1. The van der Waals surface area contributed by atoms with E-state index < -0.39 is 15.6 Å². The number of carbonyl (C=O) groups excluding carboxylic acids is 1. The van der Waals surface area contributed by atoms with Crippen LogP contribution in [0.3, 0.4) is 0 Å². The van der Waals surface area contributed by atoms with Crippen molar-refractivity contribution in [3.05, 3.63) is 58.5 Å². The third-order valence-corrected chi connectivity index (χ3v) is 10.3. The maximum absolute atomic E-state index is 13.9. The van der Waals surface area contributed by atoms with E-state index in [-0.39, 0.29) is 30.7 Å².